The summed E-state index contributed by atoms with van der Waals surface area (Å²) >= 11 is 0. The molecule has 0 saturated heterocycles. The SMILES string of the molecule is C=C(C)C(=O)OC(=O)CCC(=O)O.C=C(CC)C(=O)OCC(CO)OC(=O)C(=C)CCc1ccccc1. The van der Waals surface area contributed by atoms with Gasteiger partial charge in [-0.25, -0.2) is 14.4 Å². The maximum absolute atomic E-state index is 12.0. The smallest absolute Gasteiger partial charge is 0.340 e. The second kappa shape index (κ2) is 18.3. The maximum atomic E-state index is 12.0. The summed E-state index contributed by atoms with van der Waals surface area (Å²) in [5.41, 5.74) is 1.83. The highest BCUT2D eigenvalue weighted by Crippen LogP contribution is 2.11. The number of aliphatic hydroxyl groups is 1. The number of aryl methyl sites for hydroxylation is 1. The molecule has 1 atom stereocenters. The monoisotopic (exact) mass is 518 g/mol. The number of carbonyl (C=O) groups is 5. The summed E-state index contributed by atoms with van der Waals surface area (Å²) in [6, 6.07) is 9.71. The van der Waals surface area contributed by atoms with Gasteiger partial charge in [0.2, 0.25) is 0 Å². The molecule has 0 heterocycles. The van der Waals surface area contributed by atoms with Crippen LogP contribution in [0.4, 0.5) is 0 Å². The van der Waals surface area contributed by atoms with E-state index < -0.39 is 42.6 Å². The highest BCUT2D eigenvalue weighted by atomic mass is 16.6. The maximum Gasteiger partial charge on any atom is 0.340 e. The molecule has 0 aliphatic carbocycles. The van der Waals surface area contributed by atoms with Crippen molar-refractivity contribution in [3.8, 4) is 0 Å². The minimum Gasteiger partial charge on any atom is -0.481 e. The number of rotatable bonds is 14. The Hall–Kier alpha value is -4.05. The van der Waals surface area contributed by atoms with Crippen LogP contribution < -0.4 is 0 Å². The van der Waals surface area contributed by atoms with Gasteiger partial charge in [-0.2, -0.15) is 0 Å². The number of hydrogen-bond acceptors (Lipinski definition) is 9. The Morgan fingerprint density at radius 2 is 1.51 bits per heavy atom. The van der Waals surface area contributed by atoms with E-state index in [1.165, 1.54) is 6.92 Å². The van der Waals surface area contributed by atoms with Gasteiger partial charge in [-0.3, -0.25) is 9.59 Å². The Bertz CT molecular complexity index is 978. The van der Waals surface area contributed by atoms with E-state index in [2.05, 4.69) is 24.5 Å². The Labute approximate surface area is 216 Å². The minimum absolute atomic E-state index is 0.101. The summed E-state index contributed by atoms with van der Waals surface area (Å²) in [6.07, 6.45) is 0.0201. The fourth-order valence-corrected chi connectivity index (χ4v) is 2.27. The molecule has 1 unspecified atom stereocenters. The second-order valence-corrected chi connectivity index (χ2v) is 7.79. The topological polar surface area (TPSA) is 154 Å². The standard InChI is InChI=1S/C19H24O5.C8H10O5/c1-4-14(2)18(21)23-13-17(12-20)24-19(22)15(3)10-11-16-8-6-5-7-9-16;1-5(2)8(12)13-7(11)4-3-6(9)10/h5-9,17,20H,2-4,10-13H2,1H3;1,3-4H2,2H3,(H,9,10). The molecule has 0 bridgehead atoms. The van der Waals surface area contributed by atoms with Gasteiger partial charge in [-0.15, -0.1) is 0 Å². The summed E-state index contributed by atoms with van der Waals surface area (Å²) in [5, 5.41) is 17.4. The first-order chi connectivity index (χ1) is 17.4. The van der Waals surface area contributed by atoms with Gasteiger partial charge in [0.1, 0.15) is 6.61 Å². The molecule has 10 nitrogen and oxygen atoms in total. The van der Waals surface area contributed by atoms with Gasteiger partial charge in [0.15, 0.2) is 6.10 Å². The predicted molar refractivity (Wildman–Crippen MR) is 134 cm³/mol. The number of hydrogen-bond donors (Lipinski definition) is 2. The fraction of sp³-hybridized carbons (Fsp3) is 0.370. The average Bonchev–Trinajstić information content (AvgIpc) is 2.88. The number of aliphatic hydroxyl groups excluding tert-OH is 1. The molecule has 10 heteroatoms. The molecule has 0 spiro atoms. The third-order valence-corrected chi connectivity index (χ3v) is 4.54. The van der Waals surface area contributed by atoms with E-state index in [0.29, 0.717) is 30.4 Å². The van der Waals surface area contributed by atoms with Crippen molar-refractivity contribution < 1.29 is 48.4 Å². The van der Waals surface area contributed by atoms with E-state index in [4.69, 9.17) is 14.6 Å². The molecule has 0 saturated carbocycles. The first kappa shape index (κ1) is 33.0. The van der Waals surface area contributed by atoms with Crippen molar-refractivity contribution in [2.45, 2.75) is 52.1 Å². The molecule has 37 heavy (non-hydrogen) atoms. The van der Waals surface area contributed by atoms with E-state index in [9.17, 15) is 29.1 Å². The molecular formula is C27H34O10. The molecule has 2 N–H and O–H groups in total. The van der Waals surface area contributed by atoms with Gasteiger partial charge >= 0.3 is 29.8 Å². The molecule has 1 aromatic rings. The molecule has 0 aliphatic rings. The van der Waals surface area contributed by atoms with Crippen molar-refractivity contribution in [1.82, 2.24) is 0 Å². The molecule has 1 aromatic carbocycles. The number of carboxylic acid groups (broad SMARTS) is 1. The lowest BCUT2D eigenvalue weighted by atomic mass is 10.1. The van der Waals surface area contributed by atoms with Gasteiger partial charge in [0.05, 0.1) is 19.4 Å². The Morgan fingerprint density at radius 3 is 2.03 bits per heavy atom. The van der Waals surface area contributed by atoms with Crippen LogP contribution in [-0.4, -0.2) is 59.4 Å². The Morgan fingerprint density at radius 1 is 0.892 bits per heavy atom. The highest BCUT2D eigenvalue weighted by Gasteiger charge is 2.19. The van der Waals surface area contributed by atoms with Crippen LogP contribution >= 0.6 is 0 Å². The molecule has 0 radical (unpaired) electrons. The third-order valence-electron chi connectivity index (χ3n) is 4.54. The molecule has 0 amide bonds. The number of carbonyl (C=O) groups excluding carboxylic acids is 4. The largest absolute Gasteiger partial charge is 0.481 e. The van der Waals surface area contributed by atoms with Crippen molar-refractivity contribution in [2.24, 2.45) is 0 Å². The number of aliphatic carboxylic acids is 1. The van der Waals surface area contributed by atoms with Crippen molar-refractivity contribution in [3.63, 3.8) is 0 Å². The first-order valence-electron chi connectivity index (χ1n) is 11.4. The summed E-state index contributed by atoms with van der Waals surface area (Å²) in [7, 11) is 0. The lowest BCUT2D eigenvalue weighted by Gasteiger charge is -2.16. The van der Waals surface area contributed by atoms with Crippen LogP contribution in [-0.2, 0) is 44.6 Å². The number of esters is 4. The molecule has 0 aromatic heterocycles. The van der Waals surface area contributed by atoms with Crippen LogP contribution in [0.15, 0.2) is 66.8 Å². The van der Waals surface area contributed by atoms with Crippen LogP contribution in [0.2, 0.25) is 0 Å². The first-order valence-corrected chi connectivity index (χ1v) is 11.4. The van der Waals surface area contributed by atoms with E-state index >= 15 is 0 Å². The van der Waals surface area contributed by atoms with Crippen LogP contribution in [0.1, 0.15) is 45.1 Å². The quantitative estimate of drug-likeness (QED) is 0.162. The van der Waals surface area contributed by atoms with Gasteiger partial charge in [-0.1, -0.05) is 57.0 Å². The zero-order chi connectivity index (χ0) is 28.4. The summed E-state index contributed by atoms with van der Waals surface area (Å²) < 4.78 is 14.3. The van der Waals surface area contributed by atoms with Gasteiger partial charge in [0, 0.05) is 16.7 Å². The van der Waals surface area contributed by atoms with E-state index in [1.807, 2.05) is 30.3 Å². The minimum atomic E-state index is -1.11. The Balaban J connectivity index is 0.000000845. The van der Waals surface area contributed by atoms with Crippen molar-refractivity contribution in [1.29, 1.82) is 0 Å². The number of ether oxygens (including phenoxy) is 3. The Kier molecular flexibility index (Phi) is 16.3. The van der Waals surface area contributed by atoms with Crippen molar-refractivity contribution in [3.05, 3.63) is 72.4 Å². The molecule has 1 rings (SSSR count). The zero-order valence-electron chi connectivity index (χ0n) is 21.2. The second-order valence-electron chi connectivity index (χ2n) is 7.79. The molecule has 0 aliphatic heterocycles. The molecular weight excluding hydrogens is 484 g/mol. The van der Waals surface area contributed by atoms with Crippen LogP contribution in [0.3, 0.4) is 0 Å². The lowest BCUT2D eigenvalue weighted by Crippen LogP contribution is -2.29. The van der Waals surface area contributed by atoms with Crippen LogP contribution in [0.25, 0.3) is 0 Å². The summed E-state index contributed by atoms with van der Waals surface area (Å²) in [6.45, 7) is 13.1. The summed E-state index contributed by atoms with van der Waals surface area (Å²) in [5.74, 6) is -3.95. The van der Waals surface area contributed by atoms with Gasteiger partial charge < -0.3 is 24.4 Å². The van der Waals surface area contributed by atoms with E-state index in [0.717, 1.165) is 5.56 Å². The van der Waals surface area contributed by atoms with Gasteiger partial charge in [0.25, 0.3) is 0 Å². The normalized spacial score (nSPS) is 10.6. The fourth-order valence-electron chi connectivity index (χ4n) is 2.27. The highest BCUT2D eigenvalue weighted by molar-refractivity contribution is 5.95. The lowest BCUT2D eigenvalue weighted by molar-refractivity contribution is -0.158. The van der Waals surface area contributed by atoms with Crippen molar-refractivity contribution in [2.75, 3.05) is 13.2 Å². The molecule has 0 fully saturated rings. The molecule has 202 valence electrons. The number of benzene rings is 1. The van der Waals surface area contributed by atoms with Crippen molar-refractivity contribution >= 4 is 29.8 Å². The van der Waals surface area contributed by atoms with E-state index in [1.54, 1.807) is 6.92 Å². The summed E-state index contributed by atoms with van der Waals surface area (Å²) in [4.78, 5) is 54.9. The van der Waals surface area contributed by atoms with Crippen LogP contribution in [0.5, 0.6) is 0 Å². The average molecular weight is 519 g/mol. The predicted octanol–water partition coefficient (Wildman–Crippen LogP) is 3.09. The number of carboxylic acids is 1. The van der Waals surface area contributed by atoms with Gasteiger partial charge in [-0.05, 0) is 31.7 Å². The zero-order valence-corrected chi connectivity index (χ0v) is 21.2. The van der Waals surface area contributed by atoms with Crippen LogP contribution in [0, 0.1) is 0 Å². The third kappa shape index (κ3) is 15.5. The van der Waals surface area contributed by atoms with E-state index in [-0.39, 0.29) is 25.0 Å².